The van der Waals surface area contributed by atoms with E-state index in [1.54, 1.807) is 6.07 Å². The van der Waals surface area contributed by atoms with E-state index in [4.69, 9.17) is 0 Å². The largest absolute Gasteiger partial charge is 0.369 e. The highest BCUT2D eigenvalue weighted by atomic mass is 19.1. The van der Waals surface area contributed by atoms with E-state index in [9.17, 15) is 9.18 Å². The Morgan fingerprint density at radius 3 is 2.69 bits per heavy atom. The van der Waals surface area contributed by atoms with E-state index in [0.29, 0.717) is 29.3 Å². The molecule has 0 saturated heterocycles. The second-order valence-corrected chi connectivity index (χ2v) is 8.72. The summed E-state index contributed by atoms with van der Waals surface area (Å²) in [7, 11) is 1.48. The number of nitrogens with zero attached hydrogens (tertiary/aromatic N) is 4. The predicted octanol–water partition coefficient (Wildman–Crippen LogP) is 4.38. The molecule has 178 valence electrons. The van der Waals surface area contributed by atoms with Crippen LogP contribution in [0.1, 0.15) is 41.6 Å². The molecule has 1 saturated carbocycles. The minimum atomic E-state index is -0.640. The first-order valence-corrected chi connectivity index (χ1v) is 11.6. The van der Waals surface area contributed by atoms with E-state index in [1.165, 1.54) is 26.2 Å². The third-order valence-electron chi connectivity index (χ3n) is 6.11. The van der Waals surface area contributed by atoms with Gasteiger partial charge in [0, 0.05) is 48.8 Å². The Balaban J connectivity index is 1.32. The van der Waals surface area contributed by atoms with Crippen molar-refractivity contribution in [2.45, 2.75) is 31.7 Å². The monoisotopic (exact) mass is 471 g/mol. The van der Waals surface area contributed by atoms with Gasteiger partial charge in [0.1, 0.15) is 18.0 Å². The van der Waals surface area contributed by atoms with E-state index in [0.717, 1.165) is 28.8 Å². The number of anilines is 2. The summed E-state index contributed by atoms with van der Waals surface area (Å²) < 4.78 is 14.4. The number of fused-ring (bicyclic) bond motifs is 1. The molecule has 1 fully saturated rings. The number of benzene rings is 1. The maximum Gasteiger partial charge on any atom is 0.254 e. The van der Waals surface area contributed by atoms with Crippen LogP contribution in [0.5, 0.6) is 0 Å². The van der Waals surface area contributed by atoms with Crippen LogP contribution >= 0.6 is 0 Å². The lowest BCUT2D eigenvalue weighted by Crippen LogP contribution is -2.20. The molecule has 3 N–H and O–H groups in total. The maximum absolute atomic E-state index is 14.4. The van der Waals surface area contributed by atoms with Crippen LogP contribution in [0.3, 0.4) is 0 Å². The number of nitrogens with one attached hydrogen (secondary N) is 3. The van der Waals surface area contributed by atoms with E-state index in [2.05, 4.69) is 35.9 Å². The van der Waals surface area contributed by atoms with Crippen molar-refractivity contribution >= 4 is 28.4 Å². The highest BCUT2D eigenvalue weighted by molar-refractivity contribution is 6.06. The first kappa shape index (κ1) is 22.6. The fourth-order valence-electron chi connectivity index (χ4n) is 4.02. The van der Waals surface area contributed by atoms with Crippen LogP contribution < -0.4 is 16.0 Å². The van der Waals surface area contributed by atoms with Crippen LogP contribution in [-0.4, -0.2) is 45.5 Å². The average Bonchev–Trinajstić information content (AvgIpc) is 3.71. The molecule has 8 nitrogen and oxygen atoms in total. The number of pyridine rings is 2. The van der Waals surface area contributed by atoms with Gasteiger partial charge in [-0.15, -0.1) is 0 Å². The molecule has 9 heteroatoms. The van der Waals surface area contributed by atoms with Gasteiger partial charge < -0.3 is 16.0 Å². The molecule has 1 aliphatic rings. The second kappa shape index (κ2) is 9.61. The molecule has 0 unspecified atom stereocenters. The van der Waals surface area contributed by atoms with Crippen molar-refractivity contribution in [1.29, 1.82) is 0 Å². The zero-order chi connectivity index (χ0) is 24.4. The zero-order valence-electron chi connectivity index (χ0n) is 19.5. The van der Waals surface area contributed by atoms with Crippen molar-refractivity contribution in [3.63, 3.8) is 0 Å². The number of aromatic nitrogens is 4. The van der Waals surface area contributed by atoms with Crippen LogP contribution in [-0.2, 0) is 0 Å². The predicted molar refractivity (Wildman–Crippen MR) is 134 cm³/mol. The van der Waals surface area contributed by atoms with Gasteiger partial charge in [-0.1, -0.05) is 25.1 Å². The first-order valence-electron chi connectivity index (χ1n) is 11.6. The van der Waals surface area contributed by atoms with Crippen molar-refractivity contribution in [1.82, 2.24) is 25.3 Å². The Morgan fingerprint density at radius 1 is 1.09 bits per heavy atom. The number of amides is 1. The third kappa shape index (κ3) is 4.89. The molecular weight excluding hydrogens is 445 g/mol. The molecule has 0 bridgehead atoms. The summed E-state index contributed by atoms with van der Waals surface area (Å²) in [5.74, 6) is 0.464. The number of halogens is 1. The molecular formula is C26H26FN7O. The SMILES string of the molecule is CNC(=O)c1c(F)cnc2c([C@H](C)CNc3cc(-c4ccc(NC5CC5)nc4)ncn3)cccc12. The van der Waals surface area contributed by atoms with Gasteiger partial charge in [-0.25, -0.2) is 19.3 Å². The Hall–Kier alpha value is -4.14. The van der Waals surface area contributed by atoms with Gasteiger partial charge in [0.2, 0.25) is 0 Å². The Kier molecular flexibility index (Phi) is 6.22. The molecule has 0 radical (unpaired) electrons. The molecule has 1 atom stereocenters. The number of carbonyl (C=O) groups is 1. The van der Waals surface area contributed by atoms with Crippen molar-refractivity contribution in [2.24, 2.45) is 0 Å². The van der Waals surface area contributed by atoms with Gasteiger partial charge in [-0.05, 0) is 30.5 Å². The van der Waals surface area contributed by atoms with E-state index in [-0.39, 0.29) is 11.5 Å². The van der Waals surface area contributed by atoms with Crippen molar-refractivity contribution in [2.75, 3.05) is 24.2 Å². The van der Waals surface area contributed by atoms with Gasteiger partial charge in [-0.3, -0.25) is 9.78 Å². The fourth-order valence-corrected chi connectivity index (χ4v) is 4.02. The molecule has 3 aromatic heterocycles. The Morgan fingerprint density at radius 2 is 1.94 bits per heavy atom. The average molecular weight is 472 g/mol. The lowest BCUT2D eigenvalue weighted by atomic mass is 9.96. The van der Waals surface area contributed by atoms with Gasteiger partial charge in [0.15, 0.2) is 5.82 Å². The summed E-state index contributed by atoms with van der Waals surface area (Å²) in [6.07, 6.45) is 6.83. The van der Waals surface area contributed by atoms with Crippen molar-refractivity contribution in [3.8, 4) is 11.3 Å². The summed E-state index contributed by atoms with van der Waals surface area (Å²) in [6, 6.07) is 11.9. The summed E-state index contributed by atoms with van der Waals surface area (Å²) in [6.45, 7) is 2.61. The van der Waals surface area contributed by atoms with Crippen molar-refractivity contribution < 1.29 is 9.18 Å². The second-order valence-electron chi connectivity index (χ2n) is 8.72. The molecule has 0 aliphatic heterocycles. The lowest BCUT2D eigenvalue weighted by molar-refractivity contribution is 0.0960. The third-order valence-corrected chi connectivity index (χ3v) is 6.11. The summed E-state index contributed by atoms with van der Waals surface area (Å²) in [5, 5.41) is 9.73. The first-order chi connectivity index (χ1) is 17.0. The lowest BCUT2D eigenvalue weighted by Gasteiger charge is -2.17. The van der Waals surface area contributed by atoms with E-state index >= 15 is 0 Å². The molecule has 1 aliphatic carbocycles. The van der Waals surface area contributed by atoms with Crippen LogP contribution in [0, 0.1) is 5.82 Å². The van der Waals surface area contributed by atoms with Crippen LogP contribution in [0.15, 0.2) is 55.1 Å². The summed E-state index contributed by atoms with van der Waals surface area (Å²) in [5.41, 5.74) is 3.21. The van der Waals surface area contributed by atoms with Crippen LogP contribution in [0.25, 0.3) is 22.2 Å². The fraction of sp³-hybridized carbons (Fsp3) is 0.269. The van der Waals surface area contributed by atoms with Gasteiger partial charge >= 0.3 is 0 Å². The highest BCUT2D eigenvalue weighted by Gasteiger charge is 2.21. The standard InChI is InChI=1S/C26H26FN7O/c1-15(18-4-3-5-19-24(26(35)28-2)20(27)13-31-25(18)19)11-29-23-10-21(32-14-33-23)16-6-9-22(30-12-16)34-17-7-8-17/h3-6,9-10,12-15,17H,7-8,11H2,1-2H3,(H,28,35)(H,30,34)(H,29,32,33)/t15-/m1/s1. The normalized spacial score (nSPS) is 13.9. The number of rotatable bonds is 8. The molecule has 35 heavy (non-hydrogen) atoms. The van der Waals surface area contributed by atoms with E-state index in [1.807, 2.05) is 43.5 Å². The summed E-state index contributed by atoms with van der Waals surface area (Å²) in [4.78, 5) is 29.8. The molecule has 5 rings (SSSR count). The molecule has 0 spiro atoms. The van der Waals surface area contributed by atoms with E-state index < -0.39 is 11.7 Å². The van der Waals surface area contributed by atoms with Crippen LogP contribution in [0.2, 0.25) is 0 Å². The molecule has 1 amide bonds. The summed E-state index contributed by atoms with van der Waals surface area (Å²) >= 11 is 0. The minimum Gasteiger partial charge on any atom is -0.369 e. The minimum absolute atomic E-state index is 0.00640. The molecule has 4 aromatic rings. The number of hydrogen-bond acceptors (Lipinski definition) is 7. The Bertz CT molecular complexity index is 1370. The topological polar surface area (TPSA) is 105 Å². The van der Waals surface area contributed by atoms with Gasteiger partial charge in [0.25, 0.3) is 5.91 Å². The quantitative estimate of drug-likeness (QED) is 0.350. The van der Waals surface area contributed by atoms with Gasteiger partial charge in [0.05, 0.1) is 23.0 Å². The number of carbonyl (C=O) groups excluding carboxylic acids is 1. The maximum atomic E-state index is 14.4. The van der Waals surface area contributed by atoms with Gasteiger partial charge in [-0.2, -0.15) is 0 Å². The Labute approximate surface area is 202 Å². The number of hydrogen-bond donors (Lipinski definition) is 3. The molecule has 1 aromatic carbocycles. The highest BCUT2D eigenvalue weighted by Crippen LogP contribution is 2.28. The molecule has 3 heterocycles. The smallest absolute Gasteiger partial charge is 0.254 e. The number of para-hydroxylation sites is 1. The zero-order valence-corrected chi connectivity index (χ0v) is 19.5. The van der Waals surface area contributed by atoms with Crippen molar-refractivity contribution in [3.05, 3.63) is 72.1 Å². The van der Waals surface area contributed by atoms with Crippen LogP contribution in [0.4, 0.5) is 16.0 Å².